The smallest absolute Gasteiger partial charge is 0.320 e. The Hall–Kier alpha value is -3.30. The lowest BCUT2D eigenvalue weighted by Crippen LogP contribution is -2.68. The second kappa shape index (κ2) is 10.00. The van der Waals surface area contributed by atoms with E-state index in [2.05, 4.69) is 5.73 Å². The highest BCUT2D eigenvalue weighted by Gasteiger charge is 2.16. The Morgan fingerprint density at radius 3 is 2.15 bits per heavy atom. The van der Waals surface area contributed by atoms with Crippen molar-refractivity contribution in [2.75, 3.05) is 0 Å². The molecule has 144 valence electrons. The SMILES string of the molecule is N[C@@H](Cc1ccc(O)cc1)C(=O)O.[NH3+]C(CC1=CC(=O)C(=O)C=C1)C(=O)[O-]. The van der Waals surface area contributed by atoms with Crippen LogP contribution in [0, 0.1) is 0 Å². The van der Waals surface area contributed by atoms with Crippen LogP contribution in [0.3, 0.4) is 0 Å². The second-order valence-corrected chi connectivity index (χ2v) is 5.82. The van der Waals surface area contributed by atoms with Crippen molar-refractivity contribution in [1.82, 2.24) is 0 Å². The Kier molecular flexibility index (Phi) is 8.05. The highest BCUT2D eigenvalue weighted by atomic mass is 16.4. The van der Waals surface area contributed by atoms with Crippen LogP contribution in [0.4, 0.5) is 0 Å². The van der Waals surface area contributed by atoms with Crippen molar-refractivity contribution in [3.63, 3.8) is 0 Å². The summed E-state index contributed by atoms with van der Waals surface area (Å²) in [5.41, 5.74) is 9.95. The summed E-state index contributed by atoms with van der Waals surface area (Å²) in [6.45, 7) is 0. The van der Waals surface area contributed by atoms with Gasteiger partial charge >= 0.3 is 5.97 Å². The highest BCUT2D eigenvalue weighted by Crippen LogP contribution is 2.11. The number of nitrogens with two attached hydrogens (primary N) is 1. The van der Waals surface area contributed by atoms with Crippen LogP contribution in [0.2, 0.25) is 0 Å². The summed E-state index contributed by atoms with van der Waals surface area (Å²) >= 11 is 0. The first-order valence-electron chi connectivity index (χ1n) is 7.87. The predicted octanol–water partition coefficient (Wildman–Crippen LogP) is -2.28. The van der Waals surface area contributed by atoms with Crippen molar-refractivity contribution >= 4 is 23.5 Å². The molecule has 9 heteroatoms. The molecule has 2 rings (SSSR count). The van der Waals surface area contributed by atoms with Gasteiger partial charge < -0.3 is 31.6 Å². The number of phenols is 1. The molecular formula is C18H20N2O7. The molecule has 0 radical (unpaired) electrons. The number of rotatable bonds is 6. The summed E-state index contributed by atoms with van der Waals surface area (Å²) in [5.74, 6) is -3.36. The number of hydrogen-bond acceptors (Lipinski definition) is 7. The maximum Gasteiger partial charge on any atom is 0.320 e. The zero-order valence-corrected chi connectivity index (χ0v) is 14.3. The molecule has 0 amide bonds. The largest absolute Gasteiger partial charge is 0.544 e. The van der Waals surface area contributed by atoms with Crippen molar-refractivity contribution in [2.45, 2.75) is 24.9 Å². The molecule has 1 aliphatic rings. The van der Waals surface area contributed by atoms with Crippen molar-refractivity contribution in [2.24, 2.45) is 5.73 Å². The summed E-state index contributed by atoms with van der Waals surface area (Å²) < 4.78 is 0. The summed E-state index contributed by atoms with van der Waals surface area (Å²) in [5, 5.41) is 27.8. The van der Waals surface area contributed by atoms with Gasteiger partial charge in [0.05, 0.1) is 5.97 Å². The Morgan fingerprint density at radius 1 is 1.07 bits per heavy atom. The van der Waals surface area contributed by atoms with E-state index in [-0.39, 0.29) is 18.6 Å². The topological polar surface area (TPSA) is 185 Å². The molecule has 0 heterocycles. The molecule has 2 atom stereocenters. The minimum atomic E-state index is -1.27. The number of allylic oxidation sites excluding steroid dienone is 3. The van der Waals surface area contributed by atoms with Crippen LogP contribution in [-0.2, 0) is 25.6 Å². The van der Waals surface area contributed by atoms with Gasteiger partial charge in [-0.15, -0.1) is 0 Å². The number of aromatic hydroxyl groups is 1. The maximum absolute atomic E-state index is 10.9. The van der Waals surface area contributed by atoms with Crippen LogP contribution < -0.4 is 16.6 Å². The van der Waals surface area contributed by atoms with Gasteiger partial charge in [0.1, 0.15) is 17.8 Å². The Balaban J connectivity index is 0.000000271. The Bertz CT molecular complexity index is 781. The van der Waals surface area contributed by atoms with E-state index in [0.717, 1.165) is 17.7 Å². The molecule has 0 spiro atoms. The van der Waals surface area contributed by atoms with Gasteiger partial charge in [-0.2, -0.15) is 0 Å². The number of aliphatic carboxylic acids is 2. The zero-order chi connectivity index (χ0) is 20.6. The first-order chi connectivity index (χ1) is 12.6. The fraction of sp³-hybridized carbons (Fsp3) is 0.222. The van der Waals surface area contributed by atoms with Crippen LogP contribution in [0.5, 0.6) is 5.75 Å². The molecule has 0 saturated heterocycles. The number of ketones is 2. The fourth-order valence-electron chi connectivity index (χ4n) is 2.02. The van der Waals surface area contributed by atoms with Crippen molar-refractivity contribution in [3.05, 3.63) is 53.6 Å². The predicted molar refractivity (Wildman–Crippen MR) is 91.0 cm³/mol. The van der Waals surface area contributed by atoms with Crippen LogP contribution in [-0.4, -0.2) is 45.8 Å². The molecule has 7 N–H and O–H groups in total. The molecular weight excluding hydrogens is 356 g/mol. The van der Waals surface area contributed by atoms with Gasteiger partial charge in [0.15, 0.2) is 0 Å². The molecule has 0 aliphatic heterocycles. The molecule has 1 aliphatic carbocycles. The van der Waals surface area contributed by atoms with Gasteiger partial charge in [0.2, 0.25) is 11.6 Å². The average Bonchev–Trinajstić information content (AvgIpc) is 2.60. The summed E-state index contributed by atoms with van der Waals surface area (Å²) in [4.78, 5) is 42.4. The first-order valence-corrected chi connectivity index (χ1v) is 7.87. The zero-order valence-electron chi connectivity index (χ0n) is 14.3. The molecule has 9 nitrogen and oxygen atoms in total. The van der Waals surface area contributed by atoms with Gasteiger partial charge in [-0.1, -0.05) is 18.2 Å². The minimum absolute atomic E-state index is 0.0951. The van der Waals surface area contributed by atoms with Crippen LogP contribution in [0.1, 0.15) is 12.0 Å². The van der Waals surface area contributed by atoms with E-state index >= 15 is 0 Å². The Labute approximate surface area is 154 Å². The third kappa shape index (κ3) is 7.63. The number of carboxylic acids is 2. The van der Waals surface area contributed by atoms with E-state index in [4.69, 9.17) is 15.9 Å². The fourth-order valence-corrected chi connectivity index (χ4v) is 2.02. The Morgan fingerprint density at radius 2 is 1.67 bits per heavy atom. The van der Waals surface area contributed by atoms with E-state index in [0.29, 0.717) is 5.57 Å². The van der Waals surface area contributed by atoms with Crippen molar-refractivity contribution in [1.29, 1.82) is 0 Å². The number of carbonyl (C=O) groups excluding carboxylic acids is 3. The van der Waals surface area contributed by atoms with Gasteiger partial charge in [-0.05, 0) is 41.8 Å². The number of carbonyl (C=O) groups is 4. The number of hydrogen-bond donors (Lipinski definition) is 4. The summed E-state index contributed by atoms with van der Waals surface area (Å²) in [7, 11) is 0. The van der Waals surface area contributed by atoms with E-state index in [1.54, 1.807) is 12.1 Å². The molecule has 1 aromatic rings. The average molecular weight is 376 g/mol. The maximum atomic E-state index is 10.9. The number of carboxylic acid groups (broad SMARTS) is 2. The first kappa shape index (κ1) is 21.7. The second-order valence-electron chi connectivity index (χ2n) is 5.82. The number of quaternary nitrogens is 1. The highest BCUT2D eigenvalue weighted by molar-refractivity contribution is 6.46. The van der Waals surface area contributed by atoms with Crippen LogP contribution in [0.15, 0.2) is 48.1 Å². The minimum Gasteiger partial charge on any atom is -0.544 e. The van der Waals surface area contributed by atoms with Crippen molar-refractivity contribution in [3.8, 4) is 5.75 Å². The monoisotopic (exact) mass is 376 g/mol. The number of phenolic OH excluding ortho intramolecular Hbond substituents is 1. The molecule has 27 heavy (non-hydrogen) atoms. The molecule has 0 aromatic heterocycles. The lowest BCUT2D eigenvalue weighted by molar-refractivity contribution is -0.436. The van der Waals surface area contributed by atoms with Gasteiger partial charge in [0.25, 0.3) is 0 Å². The van der Waals surface area contributed by atoms with Crippen LogP contribution in [0.25, 0.3) is 0 Å². The molecule has 0 fully saturated rings. The molecule has 1 unspecified atom stereocenters. The third-order valence-electron chi connectivity index (χ3n) is 3.53. The molecule has 0 saturated carbocycles. The van der Waals surface area contributed by atoms with Gasteiger partial charge in [-0.25, -0.2) is 0 Å². The molecule has 1 aromatic carbocycles. The van der Waals surface area contributed by atoms with E-state index in [9.17, 15) is 24.3 Å². The van der Waals surface area contributed by atoms with Gasteiger partial charge in [-0.3, -0.25) is 14.4 Å². The van der Waals surface area contributed by atoms with Crippen LogP contribution >= 0.6 is 0 Å². The standard InChI is InChI=1S/C9H9NO4.C9H11NO3/c10-6(9(13)14)3-5-1-2-7(11)8(12)4-5;10-8(9(12)13)5-6-1-3-7(11)4-2-6/h1-2,4,6H,3,10H2,(H,13,14);1-4,8,11H,5,10H2,(H,12,13)/t;8-/m.0/s1. The summed E-state index contributed by atoms with van der Waals surface area (Å²) in [6.07, 6.45) is 4.04. The lowest BCUT2D eigenvalue weighted by atomic mass is 9.99. The van der Waals surface area contributed by atoms with E-state index < -0.39 is 35.6 Å². The lowest BCUT2D eigenvalue weighted by Gasteiger charge is -2.10. The quantitative estimate of drug-likeness (QED) is 0.316. The normalized spacial score (nSPS) is 15.3. The van der Waals surface area contributed by atoms with E-state index in [1.807, 2.05) is 0 Å². The number of benzene rings is 1. The summed E-state index contributed by atoms with van der Waals surface area (Å²) in [6, 6.07) is 4.51. The molecule has 0 bridgehead atoms. The van der Waals surface area contributed by atoms with E-state index in [1.165, 1.54) is 18.2 Å². The third-order valence-corrected chi connectivity index (χ3v) is 3.53. The van der Waals surface area contributed by atoms with Crippen molar-refractivity contribution < 1.29 is 40.2 Å². The van der Waals surface area contributed by atoms with Gasteiger partial charge in [0, 0.05) is 6.42 Å².